The Bertz CT molecular complexity index is 1060. The van der Waals surface area contributed by atoms with Gasteiger partial charge in [-0.1, -0.05) is 0 Å². The molecule has 1 saturated heterocycles. The van der Waals surface area contributed by atoms with E-state index in [9.17, 15) is 4.79 Å². The van der Waals surface area contributed by atoms with E-state index >= 15 is 0 Å². The van der Waals surface area contributed by atoms with Gasteiger partial charge in [-0.3, -0.25) is 0 Å². The molecule has 0 spiro atoms. The van der Waals surface area contributed by atoms with Crippen molar-refractivity contribution in [3.8, 4) is 5.75 Å². The van der Waals surface area contributed by atoms with E-state index < -0.39 is 0 Å². The number of piperidine rings is 1. The summed E-state index contributed by atoms with van der Waals surface area (Å²) >= 11 is 0. The fourth-order valence-electron chi connectivity index (χ4n) is 3.78. The van der Waals surface area contributed by atoms with Gasteiger partial charge in [0.05, 0.1) is 6.61 Å². The highest BCUT2D eigenvalue weighted by Crippen LogP contribution is 2.23. The first-order chi connectivity index (χ1) is 16.1. The van der Waals surface area contributed by atoms with Crippen LogP contribution in [0.1, 0.15) is 32.0 Å². The number of aromatic nitrogens is 2. The number of ether oxygens (including phenoxy) is 1. The van der Waals surface area contributed by atoms with Gasteiger partial charge in [0.2, 0.25) is 0 Å². The number of nitrogens with zero attached hydrogens (tertiary/aromatic N) is 3. The van der Waals surface area contributed by atoms with Crippen LogP contribution in [0.5, 0.6) is 5.75 Å². The molecule has 4 rings (SSSR count). The van der Waals surface area contributed by atoms with Gasteiger partial charge in [0.15, 0.2) is 0 Å². The molecule has 1 aliphatic rings. The van der Waals surface area contributed by atoms with Gasteiger partial charge in [0.1, 0.15) is 23.2 Å². The van der Waals surface area contributed by atoms with Gasteiger partial charge in [0, 0.05) is 36.2 Å². The number of carbonyl (C=O) groups is 1. The second-order valence-corrected chi connectivity index (χ2v) is 7.95. The smallest absolute Gasteiger partial charge is 0.323 e. The SMILES string of the molecule is CCOc1ccc(NC(=O)Nc2ccc(Nc3cc(N4CCCCC4)nc(C)n3)cc2)cc1. The number of benzene rings is 2. The normalized spacial score (nSPS) is 13.3. The van der Waals surface area contributed by atoms with E-state index in [1.807, 2.05) is 56.3 Å². The molecule has 1 fully saturated rings. The first-order valence-corrected chi connectivity index (χ1v) is 11.4. The van der Waals surface area contributed by atoms with Gasteiger partial charge >= 0.3 is 6.03 Å². The summed E-state index contributed by atoms with van der Waals surface area (Å²) in [7, 11) is 0. The van der Waals surface area contributed by atoms with Crippen LogP contribution in [0.25, 0.3) is 0 Å². The molecule has 0 atom stereocenters. The molecule has 1 aliphatic heterocycles. The zero-order chi connectivity index (χ0) is 23.0. The van der Waals surface area contributed by atoms with Gasteiger partial charge in [0.25, 0.3) is 0 Å². The predicted octanol–water partition coefficient (Wildman–Crippen LogP) is 5.56. The first-order valence-electron chi connectivity index (χ1n) is 11.4. The molecule has 0 aliphatic carbocycles. The minimum absolute atomic E-state index is 0.308. The number of aryl methyl sites for hydroxylation is 1. The maximum atomic E-state index is 12.3. The molecular weight excluding hydrogens is 416 g/mol. The van der Waals surface area contributed by atoms with Crippen molar-refractivity contribution in [3.63, 3.8) is 0 Å². The molecule has 172 valence electrons. The number of urea groups is 1. The first kappa shape index (κ1) is 22.4. The van der Waals surface area contributed by atoms with Gasteiger partial charge in [-0.2, -0.15) is 0 Å². The van der Waals surface area contributed by atoms with Crippen molar-refractivity contribution in [1.82, 2.24) is 9.97 Å². The summed E-state index contributed by atoms with van der Waals surface area (Å²) in [4.78, 5) is 23.8. The molecule has 0 saturated carbocycles. The molecular formula is C25H30N6O2. The Hall–Kier alpha value is -3.81. The molecule has 3 aromatic rings. The number of hydrogen-bond donors (Lipinski definition) is 3. The lowest BCUT2D eigenvalue weighted by molar-refractivity contribution is 0.262. The van der Waals surface area contributed by atoms with Crippen molar-refractivity contribution in [2.75, 3.05) is 40.5 Å². The molecule has 2 amide bonds. The minimum atomic E-state index is -0.308. The summed E-state index contributed by atoms with van der Waals surface area (Å²) in [5, 5.41) is 9.00. The Morgan fingerprint density at radius 1 is 0.909 bits per heavy atom. The lowest BCUT2D eigenvalue weighted by Crippen LogP contribution is -2.30. The molecule has 2 heterocycles. The van der Waals surface area contributed by atoms with Crippen LogP contribution in [0.3, 0.4) is 0 Å². The van der Waals surface area contributed by atoms with Crippen LogP contribution in [-0.2, 0) is 0 Å². The van der Waals surface area contributed by atoms with Gasteiger partial charge in [-0.15, -0.1) is 0 Å². The Labute approximate surface area is 194 Å². The second kappa shape index (κ2) is 10.7. The van der Waals surface area contributed by atoms with Crippen LogP contribution in [0, 0.1) is 6.92 Å². The third-order valence-corrected chi connectivity index (χ3v) is 5.34. The number of anilines is 5. The average molecular weight is 447 g/mol. The molecule has 8 heteroatoms. The van der Waals surface area contributed by atoms with Crippen molar-refractivity contribution in [3.05, 3.63) is 60.4 Å². The maximum absolute atomic E-state index is 12.3. The average Bonchev–Trinajstić information content (AvgIpc) is 2.82. The molecule has 8 nitrogen and oxygen atoms in total. The summed E-state index contributed by atoms with van der Waals surface area (Å²) in [6, 6.07) is 16.5. The quantitative estimate of drug-likeness (QED) is 0.440. The van der Waals surface area contributed by atoms with Gasteiger partial charge < -0.3 is 25.6 Å². The van der Waals surface area contributed by atoms with E-state index in [4.69, 9.17) is 4.74 Å². The molecule has 2 aromatic carbocycles. The third-order valence-electron chi connectivity index (χ3n) is 5.34. The van der Waals surface area contributed by atoms with Gasteiger partial charge in [-0.25, -0.2) is 14.8 Å². The van der Waals surface area contributed by atoms with E-state index in [-0.39, 0.29) is 6.03 Å². The summed E-state index contributed by atoms with van der Waals surface area (Å²) in [6.45, 7) is 6.52. The highest BCUT2D eigenvalue weighted by atomic mass is 16.5. The van der Waals surface area contributed by atoms with Crippen LogP contribution in [-0.4, -0.2) is 35.7 Å². The molecule has 3 N–H and O–H groups in total. The molecule has 0 radical (unpaired) electrons. The largest absolute Gasteiger partial charge is 0.494 e. The molecule has 0 bridgehead atoms. The standard InChI is InChI=1S/C25H30N6O2/c1-3-33-22-13-11-21(12-14-22)30-25(32)29-20-9-7-19(8-10-20)28-23-17-24(27-18(2)26-23)31-15-5-4-6-16-31/h7-14,17H,3-6,15-16H2,1-2H3,(H,26,27,28)(H2,29,30,32). The topological polar surface area (TPSA) is 91.4 Å². The number of nitrogens with one attached hydrogen (secondary N) is 3. The van der Waals surface area contributed by atoms with E-state index in [0.717, 1.165) is 42.0 Å². The van der Waals surface area contributed by atoms with E-state index in [0.29, 0.717) is 18.0 Å². The van der Waals surface area contributed by atoms with Crippen molar-refractivity contribution < 1.29 is 9.53 Å². The Morgan fingerprint density at radius 2 is 1.52 bits per heavy atom. The van der Waals surface area contributed by atoms with Crippen molar-refractivity contribution in [1.29, 1.82) is 0 Å². The number of amides is 2. The van der Waals surface area contributed by atoms with Gasteiger partial charge in [-0.05, 0) is 81.6 Å². The highest BCUT2D eigenvalue weighted by Gasteiger charge is 2.14. The molecule has 1 aromatic heterocycles. The number of carbonyl (C=O) groups excluding carboxylic acids is 1. The van der Waals surface area contributed by atoms with E-state index in [1.165, 1.54) is 19.3 Å². The van der Waals surface area contributed by atoms with E-state index in [2.05, 4.69) is 30.8 Å². The number of rotatable bonds is 7. The fourth-order valence-corrected chi connectivity index (χ4v) is 3.78. The summed E-state index contributed by atoms with van der Waals surface area (Å²) in [6.07, 6.45) is 3.68. The minimum Gasteiger partial charge on any atom is -0.494 e. The fraction of sp³-hybridized carbons (Fsp3) is 0.320. The third kappa shape index (κ3) is 6.35. The van der Waals surface area contributed by atoms with Crippen LogP contribution in [0.4, 0.5) is 33.5 Å². The number of hydrogen-bond acceptors (Lipinski definition) is 6. The lowest BCUT2D eigenvalue weighted by atomic mass is 10.1. The molecule has 0 unspecified atom stereocenters. The van der Waals surface area contributed by atoms with Crippen LogP contribution in [0.2, 0.25) is 0 Å². The summed E-state index contributed by atoms with van der Waals surface area (Å²) < 4.78 is 5.41. The Balaban J connectivity index is 1.34. The van der Waals surface area contributed by atoms with Crippen molar-refractivity contribution in [2.24, 2.45) is 0 Å². The zero-order valence-corrected chi connectivity index (χ0v) is 19.1. The maximum Gasteiger partial charge on any atom is 0.323 e. The highest BCUT2D eigenvalue weighted by molar-refractivity contribution is 5.99. The Kier molecular flexibility index (Phi) is 7.24. The lowest BCUT2D eigenvalue weighted by Gasteiger charge is -2.28. The zero-order valence-electron chi connectivity index (χ0n) is 19.1. The van der Waals surface area contributed by atoms with E-state index in [1.54, 1.807) is 12.1 Å². The summed E-state index contributed by atoms with van der Waals surface area (Å²) in [5.41, 5.74) is 2.27. The van der Waals surface area contributed by atoms with Crippen molar-refractivity contribution >= 4 is 34.7 Å². The van der Waals surface area contributed by atoms with Crippen LogP contribution >= 0.6 is 0 Å². The predicted molar refractivity (Wildman–Crippen MR) is 133 cm³/mol. The Morgan fingerprint density at radius 3 is 2.15 bits per heavy atom. The van der Waals surface area contributed by atoms with Crippen LogP contribution < -0.4 is 25.6 Å². The molecule has 33 heavy (non-hydrogen) atoms. The monoisotopic (exact) mass is 446 g/mol. The van der Waals surface area contributed by atoms with Crippen molar-refractivity contribution in [2.45, 2.75) is 33.1 Å². The van der Waals surface area contributed by atoms with Crippen LogP contribution in [0.15, 0.2) is 54.6 Å². The summed E-state index contributed by atoms with van der Waals surface area (Å²) in [5.74, 6) is 3.24. The second-order valence-electron chi connectivity index (χ2n) is 7.95.